The number of nitrogens with zero attached hydrogens (tertiary/aromatic N) is 4. The third-order valence-corrected chi connectivity index (χ3v) is 7.65. The van der Waals surface area contributed by atoms with E-state index >= 15 is 0 Å². The maximum Gasteiger partial charge on any atom is 0.321 e. The van der Waals surface area contributed by atoms with E-state index in [0.717, 1.165) is 57.2 Å². The van der Waals surface area contributed by atoms with E-state index in [1.54, 1.807) is 29.8 Å². The largest absolute Gasteiger partial charge is 0.424 e. The smallest absolute Gasteiger partial charge is 0.321 e. The maximum atomic E-state index is 6.79. The summed E-state index contributed by atoms with van der Waals surface area (Å²) < 4.78 is 8.33. The van der Waals surface area contributed by atoms with E-state index < -0.39 is 0 Å². The van der Waals surface area contributed by atoms with Crippen LogP contribution in [0.5, 0.6) is 11.8 Å². The zero-order valence-corrected chi connectivity index (χ0v) is 22.0. The summed E-state index contributed by atoms with van der Waals surface area (Å²) in [5.74, 6) is 0.695. The van der Waals surface area contributed by atoms with Crippen LogP contribution >= 0.6 is 11.3 Å². The number of rotatable bonds is 6. The summed E-state index contributed by atoms with van der Waals surface area (Å²) in [6.45, 7) is 6.53. The number of fused-ring (bicyclic) bond motifs is 1. The lowest BCUT2D eigenvalue weighted by molar-refractivity contribution is 0.324. The van der Waals surface area contributed by atoms with Crippen molar-refractivity contribution in [2.75, 3.05) is 11.1 Å². The highest BCUT2D eigenvalue weighted by Gasteiger charge is 2.27. The fraction of sp³-hybridized carbons (Fsp3) is 0.276. The number of nitrogens with one attached hydrogen (secondary N) is 1. The summed E-state index contributed by atoms with van der Waals surface area (Å²) in [6.07, 6.45) is 6.85. The zero-order chi connectivity index (χ0) is 25.6. The van der Waals surface area contributed by atoms with Gasteiger partial charge in [-0.2, -0.15) is 0 Å². The normalized spacial score (nSPS) is 14.0. The summed E-state index contributed by atoms with van der Waals surface area (Å²) in [5.41, 5.74) is 12.9. The van der Waals surface area contributed by atoms with Gasteiger partial charge in [-0.05, 0) is 49.6 Å². The van der Waals surface area contributed by atoms with Gasteiger partial charge in [-0.3, -0.25) is 0 Å². The van der Waals surface area contributed by atoms with Crippen LogP contribution < -0.4 is 15.8 Å². The summed E-state index contributed by atoms with van der Waals surface area (Å²) >= 11 is 1.63. The molecule has 0 amide bonds. The third kappa shape index (κ3) is 4.53. The number of aromatic nitrogens is 4. The van der Waals surface area contributed by atoms with E-state index in [1.165, 1.54) is 6.42 Å². The quantitative estimate of drug-likeness (QED) is 0.243. The van der Waals surface area contributed by atoms with Crippen LogP contribution in [-0.2, 0) is 5.41 Å². The number of benzene rings is 2. The van der Waals surface area contributed by atoms with Crippen molar-refractivity contribution in [2.24, 2.45) is 0 Å². The average Bonchev–Trinajstić information content (AvgIpc) is 3.43. The summed E-state index contributed by atoms with van der Waals surface area (Å²) in [6, 6.07) is 17.0. The van der Waals surface area contributed by atoms with Gasteiger partial charge in [0.25, 0.3) is 0 Å². The van der Waals surface area contributed by atoms with E-state index in [0.29, 0.717) is 17.8 Å². The molecular formula is C29H30N6OS. The van der Waals surface area contributed by atoms with E-state index in [-0.39, 0.29) is 5.41 Å². The van der Waals surface area contributed by atoms with Gasteiger partial charge in [0.2, 0.25) is 0 Å². The first-order valence-electron chi connectivity index (χ1n) is 12.6. The van der Waals surface area contributed by atoms with Crippen molar-refractivity contribution in [3.63, 3.8) is 0 Å². The van der Waals surface area contributed by atoms with Crippen molar-refractivity contribution in [1.82, 2.24) is 19.5 Å². The molecule has 3 heterocycles. The van der Waals surface area contributed by atoms with E-state index in [4.69, 9.17) is 15.5 Å². The second kappa shape index (κ2) is 9.19. The van der Waals surface area contributed by atoms with Crippen LogP contribution in [0.1, 0.15) is 51.8 Å². The molecule has 1 aliphatic rings. The highest BCUT2D eigenvalue weighted by atomic mass is 32.1. The van der Waals surface area contributed by atoms with Gasteiger partial charge < -0.3 is 20.4 Å². The molecule has 0 saturated heterocycles. The molecule has 3 aromatic heterocycles. The Morgan fingerprint density at radius 3 is 2.46 bits per heavy atom. The Morgan fingerprint density at radius 2 is 1.81 bits per heavy atom. The summed E-state index contributed by atoms with van der Waals surface area (Å²) in [4.78, 5) is 13.1. The predicted molar refractivity (Wildman–Crippen MR) is 151 cm³/mol. The van der Waals surface area contributed by atoms with Crippen LogP contribution in [0.15, 0.2) is 66.3 Å². The van der Waals surface area contributed by atoms with Gasteiger partial charge in [0.05, 0.1) is 22.6 Å². The molecule has 1 saturated carbocycles. The van der Waals surface area contributed by atoms with E-state index in [9.17, 15) is 0 Å². The molecule has 0 unspecified atom stereocenters. The highest BCUT2D eigenvalue weighted by molar-refractivity contribution is 7.13. The van der Waals surface area contributed by atoms with E-state index in [1.807, 2.05) is 12.1 Å². The molecule has 2 aromatic carbocycles. The Morgan fingerprint density at radius 1 is 1.05 bits per heavy atom. The van der Waals surface area contributed by atoms with Crippen LogP contribution in [0.3, 0.4) is 0 Å². The Kier molecular flexibility index (Phi) is 5.83. The zero-order valence-electron chi connectivity index (χ0n) is 21.2. The number of nitrogen functional groups attached to an aromatic ring is 1. The molecular weight excluding hydrogens is 480 g/mol. The minimum Gasteiger partial charge on any atom is -0.424 e. The van der Waals surface area contributed by atoms with Crippen molar-refractivity contribution in [2.45, 2.75) is 51.5 Å². The number of anilines is 3. The van der Waals surface area contributed by atoms with Crippen molar-refractivity contribution >= 4 is 38.7 Å². The molecule has 1 aliphatic carbocycles. The Labute approximate surface area is 220 Å². The molecule has 0 bridgehead atoms. The van der Waals surface area contributed by atoms with Crippen LogP contribution in [0.25, 0.3) is 22.2 Å². The SMILES string of the molecule is CC(C)(C)c1csc(Nc2ccc(-c3c(N)c4ccc(Oc5ncccn5)cc4n3C3CCC3)cc2)n1. The monoisotopic (exact) mass is 510 g/mol. The lowest BCUT2D eigenvalue weighted by Crippen LogP contribution is -2.17. The van der Waals surface area contributed by atoms with Gasteiger partial charge >= 0.3 is 6.01 Å². The lowest BCUT2D eigenvalue weighted by Gasteiger charge is -2.30. The first-order chi connectivity index (χ1) is 17.9. The molecule has 7 nitrogen and oxygen atoms in total. The number of hydrogen-bond donors (Lipinski definition) is 2. The molecule has 3 N–H and O–H groups in total. The molecule has 0 radical (unpaired) electrons. The number of nitrogens with two attached hydrogens (primary N) is 1. The van der Waals surface area contributed by atoms with Gasteiger partial charge in [-0.1, -0.05) is 32.9 Å². The number of hydrogen-bond acceptors (Lipinski definition) is 7. The van der Waals surface area contributed by atoms with Crippen molar-refractivity contribution < 1.29 is 4.74 Å². The standard InChI is InChI=1S/C29H30N6OS/c1-29(2,3)24-17-37-28(34-24)33-19-10-8-18(9-11-19)26-25(30)22-13-12-21(36-27-31-14-5-15-32-27)16-23(22)35(26)20-6-4-7-20/h5,8-17,20H,4,6-7,30H2,1-3H3,(H,33,34). The Balaban J connectivity index is 1.34. The Hall–Kier alpha value is -3.91. The average molecular weight is 511 g/mol. The molecule has 37 heavy (non-hydrogen) atoms. The third-order valence-electron chi connectivity index (χ3n) is 6.89. The first-order valence-corrected chi connectivity index (χ1v) is 13.5. The summed E-state index contributed by atoms with van der Waals surface area (Å²) in [5, 5.41) is 7.50. The molecule has 0 aliphatic heterocycles. The highest BCUT2D eigenvalue weighted by Crippen LogP contribution is 2.45. The molecule has 0 spiro atoms. The fourth-order valence-electron chi connectivity index (χ4n) is 4.65. The van der Waals surface area contributed by atoms with Crippen LogP contribution in [-0.4, -0.2) is 19.5 Å². The second-order valence-corrected chi connectivity index (χ2v) is 11.4. The maximum absolute atomic E-state index is 6.79. The van der Waals surface area contributed by atoms with Gasteiger partial charge in [-0.25, -0.2) is 15.0 Å². The predicted octanol–water partition coefficient (Wildman–Crippen LogP) is 7.70. The van der Waals surface area contributed by atoms with Gasteiger partial charge in [-0.15, -0.1) is 11.3 Å². The number of thiazole rings is 1. The molecule has 0 atom stereocenters. The number of ether oxygens (including phenoxy) is 1. The van der Waals surface area contributed by atoms with Crippen LogP contribution in [0, 0.1) is 0 Å². The van der Waals surface area contributed by atoms with Crippen LogP contribution in [0.4, 0.5) is 16.5 Å². The van der Waals surface area contributed by atoms with Gasteiger partial charge in [0.1, 0.15) is 5.75 Å². The van der Waals surface area contributed by atoms with Crippen molar-refractivity contribution in [3.8, 4) is 23.0 Å². The van der Waals surface area contributed by atoms with Crippen molar-refractivity contribution in [1.29, 1.82) is 0 Å². The lowest BCUT2D eigenvalue weighted by atomic mass is 9.92. The second-order valence-electron chi connectivity index (χ2n) is 10.5. The van der Waals surface area contributed by atoms with Crippen LogP contribution in [0.2, 0.25) is 0 Å². The summed E-state index contributed by atoms with van der Waals surface area (Å²) in [7, 11) is 0. The molecule has 8 heteroatoms. The molecule has 1 fully saturated rings. The minimum atomic E-state index is 0.0335. The molecule has 5 aromatic rings. The molecule has 6 rings (SSSR count). The van der Waals surface area contributed by atoms with Gasteiger partial charge in [0, 0.05) is 51.9 Å². The minimum absolute atomic E-state index is 0.0335. The topological polar surface area (TPSA) is 90.9 Å². The van der Waals surface area contributed by atoms with Gasteiger partial charge in [0.15, 0.2) is 5.13 Å². The molecule has 188 valence electrons. The Bertz CT molecular complexity index is 1550. The van der Waals surface area contributed by atoms with Crippen molar-refractivity contribution in [3.05, 3.63) is 72.0 Å². The fourth-order valence-corrected chi connectivity index (χ4v) is 5.61. The van der Waals surface area contributed by atoms with E-state index in [2.05, 4.69) is 76.3 Å². The first kappa shape index (κ1) is 23.5.